The molecule has 0 aromatic heterocycles. The van der Waals surface area contributed by atoms with Crippen LogP contribution in [0.2, 0.25) is 0 Å². The van der Waals surface area contributed by atoms with E-state index in [0.29, 0.717) is 6.07 Å². The molecule has 1 aromatic carbocycles. The standard InChI is InChI=1S/C10H10O9S3/c11-20(12,13)7-1-2-9-6(3-7)4-8(21(14,15)16)5-10(9)22(17,18)19/h1,4-5H,2-3H2,(H,11,12,13)(H,14,15,16)(H,17,18,19). The second kappa shape index (κ2) is 5.11. The van der Waals surface area contributed by atoms with Crippen molar-refractivity contribution in [2.24, 2.45) is 0 Å². The maximum atomic E-state index is 11.4. The van der Waals surface area contributed by atoms with Gasteiger partial charge >= 0.3 is 0 Å². The Morgan fingerprint density at radius 1 is 0.818 bits per heavy atom. The van der Waals surface area contributed by atoms with Crippen molar-refractivity contribution >= 4 is 30.4 Å². The summed E-state index contributed by atoms with van der Waals surface area (Å²) >= 11 is 0. The van der Waals surface area contributed by atoms with E-state index in [1.807, 2.05) is 0 Å². The lowest BCUT2D eigenvalue weighted by Gasteiger charge is -2.18. The Bertz CT molecular complexity index is 982. The van der Waals surface area contributed by atoms with Crippen molar-refractivity contribution in [3.05, 3.63) is 34.2 Å². The molecule has 0 saturated heterocycles. The molecule has 122 valence electrons. The first-order chi connectivity index (χ1) is 9.80. The summed E-state index contributed by atoms with van der Waals surface area (Å²) in [6.07, 6.45) is 0.324. The average molecular weight is 370 g/mol. The third kappa shape index (κ3) is 3.37. The van der Waals surface area contributed by atoms with Crippen molar-refractivity contribution in [3.8, 4) is 0 Å². The molecule has 0 bridgehead atoms. The zero-order valence-corrected chi connectivity index (χ0v) is 13.1. The van der Waals surface area contributed by atoms with Gasteiger partial charge in [-0.3, -0.25) is 13.7 Å². The molecule has 12 heteroatoms. The summed E-state index contributed by atoms with van der Waals surface area (Å²) in [6.45, 7) is 0. The molecule has 0 amide bonds. The van der Waals surface area contributed by atoms with E-state index in [0.717, 1.165) is 12.1 Å². The Balaban J connectivity index is 2.76. The second-order valence-corrected chi connectivity index (χ2v) is 8.82. The topological polar surface area (TPSA) is 163 Å². The highest BCUT2D eigenvalue weighted by Crippen LogP contribution is 2.31. The van der Waals surface area contributed by atoms with E-state index >= 15 is 0 Å². The second-order valence-electron chi connectivity index (χ2n) is 4.54. The first kappa shape index (κ1) is 17.1. The van der Waals surface area contributed by atoms with Crippen LogP contribution < -0.4 is 0 Å². The smallest absolute Gasteiger partial charge is 0.282 e. The summed E-state index contributed by atoms with van der Waals surface area (Å²) in [5, 5.41) is 0. The lowest BCUT2D eigenvalue weighted by atomic mass is 9.97. The minimum atomic E-state index is -4.80. The molecule has 0 unspecified atom stereocenters. The normalized spacial score (nSPS) is 16.0. The minimum Gasteiger partial charge on any atom is -0.282 e. The van der Waals surface area contributed by atoms with Crippen molar-refractivity contribution in [2.45, 2.75) is 22.6 Å². The van der Waals surface area contributed by atoms with Gasteiger partial charge in [-0.2, -0.15) is 25.3 Å². The summed E-state index contributed by atoms with van der Waals surface area (Å²) in [6, 6.07) is 1.47. The van der Waals surface area contributed by atoms with Gasteiger partial charge in [0.1, 0.15) is 0 Å². The zero-order valence-electron chi connectivity index (χ0n) is 10.7. The SMILES string of the molecule is O=S(=O)(O)C1=CCc2c(cc(S(=O)(=O)O)cc2S(=O)(=O)O)C1. The average Bonchev–Trinajstić information content (AvgIpc) is 2.33. The lowest BCUT2D eigenvalue weighted by Crippen LogP contribution is -2.16. The van der Waals surface area contributed by atoms with Gasteiger partial charge in [-0.1, -0.05) is 6.08 Å². The molecule has 0 fully saturated rings. The molecule has 1 aliphatic carbocycles. The number of allylic oxidation sites excluding steroid dienone is 2. The molecule has 0 aliphatic heterocycles. The van der Waals surface area contributed by atoms with Gasteiger partial charge in [-0.25, -0.2) is 0 Å². The van der Waals surface area contributed by atoms with Gasteiger partial charge in [0.2, 0.25) is 0 Å². The highest BCUT2D eigenvalue weighted by Gasteiger charge is 2.28. The van der Waals surface area contributed by atoms with Crippen LogP contribution in [0, 0.1) is 0 Å². The van der Waals surface area contributed by atoms with Crippen LogP contribution in [0.1, 0.15) is 11.1 Å². The summed E-state index contributed by atoms with van der Waals surface area (Å²) in [7, 11) is -14.1. The zero-order chi connectivity index (χ0) is 16.9. The van der Waals surface area contributed by atoms with Crippen LogP contribution in [0.4, 0.5) is 0 Å². The van der Waals surface area contributed by atoms with Crippen molar-refractivity contribution in [3.63, 3.8) is 0 Å². The van der Waals surface area contributed by atoms with Crippen molar-refractivity contribution in [2.75, 3.05) is 0 Å². The predicted octanol–water partition coefficient (Wildman–Crippen LogP) is 0.0503. The number of benzene rings is 1. The summed E-state index contributed by atoms with van der Waals surface area (Å²) < 4.78 is 94.5. The van der Waals surface area contributed by atoms with Crippen LogP contribution in [0.3, 0.4) is 0 Å². The van der Waals surface area contributed by atoms with Crippen molar-refractivity contribution in [1.29, 1.82) is 0 Å². The first-order valence-corrected chi connectivity index (χ1v) is 9.89. The molecule has 0 saturated carbocycles. The minimum absolute atomic E-state index is 0.0118. The molecule has 0 radical (unpaired) electrons. The molecule has 3 N–H and O–H groups in total. The number of rotatable bonds is 3. The van der Waals surface area contributed by atoms with Gasteiger partial charge in [0.05, 0.1) is 14.7 Å². The van der Waals surface area contributed by atoms with E-state index in [2.05, 4.69) is 0 Å². The summed E-state index contributed by atoms with van der Waals surface area (Å²) in [4.78, 5) is -1.99. The van der Waals surface area contributed by atoms with Gasteiger partial charge < -0.3 is 0 Å². The van der Waals surface area contributed by atoms with E-state index in [1.165, 1.54) is 0 Å². The molecule has 22 heavy (non-hydrogen) atoms. The van der Waals surface area contributed by atoms with Crippen LogP contribution in [-0.2, 0) is 43.2 Å². The quantitative estimate of drug-likeness (QED) is 0.624. The van der Waals surface area contributed by atoms with E-state index in [4.69, 9.17) is 13.7 Å². The Kier molecular flexibility index (Phi) is 3.96. The van der Waals surface area contributed by atoms with Gasteiger partial charge in [-0.15, -0.1) is 0 Å². The molecule has 0 atom stereocenters. The molecule has 9 nitrogen and oxygen atoms in total. The third-order valence-corrected chi connectivity index (χ3v) is 5.81. The lowest BCUT2D eigenvalue weighted by molar-refractivity contribution is 0.480. The highest BCUT2D eigenvalue weighted by molar-refractivity contribution is 7.89. The van der Waals surface area contributed by atoms with Gasteiger partial charge in [0.25, 0.3) is 30.4 Å². The predicted molar refractivity (Wildman–Crippen MR) is 73.1 cm³/mol. The Morgan fingerprint density at radius 3 is 1.86 bits per heavy atom. The first-order valence-electron chi connectivity index (χ1n) is 5.57. The molecular formula is C10H10O9S3. The molecule has 0 spiro atoms. The van der Waals surface area contributed by atoms with Crippen molar-refractivity contribution < 1.29 is 38.9 Å². The molecule has 2 rings (SSSR count). The fraction of sp³-hybridized carbons (Fsp3) is 0.200. The van der Waals surface area contributed by atoms with E-state index in [9.17, 15) is 25.3 Å². The summed E-state index contributed by atoms with van der Waals surface area (Å²) in [5.74, 6) is 0. The van der Waals surface area contributed by atoms with E-state index < -0.39 is 51.5 Å². The van der Waals surface area contributed by atoms with E-state index in [1.54, 1.807) is 0 Å². The number of hydrogen-bond donors (Lipinski definition) is 3. The van der Waals surface area contributed by atoms with Crippen LogP contribution in [-0.4, -0.2) is 38.9 Å². The maximum absolute atomic E-state index is 11.4. The van der Waals surface area contributed by atoms with Crippen LogP contribution in [0.15, 0.2) is 32.9 Å². The maximum Gasteiger partial charge on any atom is 0.294 e. The molecule has 0 heterocycles. The van der Waals surface area contributed by atoms with Gasteiger partial charge in [0, 0.05) is 6.42 Å². The van der Waals surface area contributed by atoms with E-state index in [-0.39, 0.29) is 17.5 Å². The number of fused-ring (bicyclic) bond motifs is 1. The molecular weight excluding hydrogens is 360 g/mol. The largest absolute Gasteiger partial charge is 0.294 e. The van der Waals surface area contributed by atoms with Crippen LogP contribution in [0.5, 0.6) is 0 Å². The highest BCUT2D eigenvalue weighted by atomic mass is 32.2. The summed E-state index contributed by atoms with van der Waals surface area (Å²) in [5.41, 5.74) is -0.0693. The van der Waals surface area contributed by atoms with Gasteiger partial charge in [0.15, 0.2) is 0 Å². The van der Waals surface area contributed by atoms with Crippen molar-refractivity contribution in [1.82, 2.24) is 0 Å². The van der Waals surface area contributed by atoms with Gasteiger partial charge in [-0.05, 0) is 29.7 Å². The Hall–Kier alpha value is -1.31. The number of hydrogen-bond acceptors (Lipinski definition) is 6. The molecule has 1 aliphatic rings. The Morgan fingerprint density at radius 2 is 1.41 bits per heavy atom. The third-order valence-electron chi connectivity index (χ3n) is 3.08. The fourth-order valence-corrected chi connectivity index (χ4v) is 4.18. The molecule has 1 aromatic rings. The van der Waals surface area contributed by atoms with Crippen LogP contribution in [0.25, 0.3) is 0 Å². The fourth-order valence-electron chi connectivity index (χ4n) is 2.12. The Labute approximate surface area is 126 Å². The van der Waals surface area contributed by atoms with Crippen LogP contribution >= 0.6 is 0 Å². The monoisotopic (exact) mass is 370 g/mol.